The van der Waals surface area contributed by atoms with E-state index in [1.807, 2.05) is 25.1 Å². The highest BCUT2D eigenvalue weighted by Gasteiger charge is 2.23. The van der Waals surface area contributed by atoms with Crippen LogP contribution < -0.4 is 15.2 Å². The predicted molar refractivity (Wildman–Crippen MR) is 84.3 cm³/mol. The molecule has 0 radical (unpaired) electrons. The van der Waals surface area contributed by atoms with E-state index in [1.165, 1.54) is 0 Å². The molecule has 1 unspecified atom stereocenters. The molecule has 0 bridgehead atoms. The van der Waals surface area contributed by atoms with Crippen LogP contribution in [0.3, 0.4) is 0 Å². The van der Waals surface area contributed by atoms with E-state index >= 15 is 0 Å². The number of hydrogen-bond donors (Lipinski definition) is 1. The maximum Gasteiger partial charge on any atom is 0.226 e. The fraction of sp³-hybridized carbons (Fsp3) is 0.533. The molecule has 1 aromatic rings. The summed E-state index contributed by atoms with van der Waals surface area (Å²) in [6.45, 7) is 3.76. The first-order valence-corrected chi connectivity index (χ1v) is 6.91. The van der Waals surface area contributed by atoms with Crippen molar-refractivity contribution in [1.82, 2.24) is 4.90 Å². The molecule has 1 aromatic carbocycles. The minimum absolute atomic E-state index is 0. The molecule has 1 aliphatic heterocycles. The Hall–Kier alpha value is -1.46. The number of nitrogens with two attached hydrogens (primary N) is 1. The van der Waals surface area contributed by atoms with E-state index in [9.17, 15) is 4.79 Å². The lowest BCUT2D eigenvalue weighted by Gasteiger charge is -2.16. The minimum atomic E-state index is 0. The molecule has 1 amide bonds. The first-order chi connectivity index (χ1) is 9.60. The lowest BCUT2D eigenvalue weighted by atomic mass is 10.2. The molecular formula is C15H23ClN2O3. The monoisotopic (exact) mass is 314 g/mol. The zero-order chi connectivity index (χ0) is 14.5. The third kappa shape index (κ3) is 4.79. The predicted octanol–water partition coefficient (Wildman–Crippen LogP) is 1.75. The van der Waals surface area contributed by atoms with Gasteiger partial charge in [0.2, 0.25) is 5.91 Å². The Balaban J connectivity index is 0.00000220. The van der Waals surface area contributed by atoms with Crippen LogP contribution >= 0.6 is 12.4 Å². The van der Waals surface area contributed by atoms with E-state index in [1.54, 1.807) is 12.0 Å². The molecule has 1 saturated heterocycles. The number of carbonyl (C=O) groups excluding carboxylic acids is 1. The van der Waals surface area contributed by atoms with Crippen molar-refractivity contribution in [1.29, 1.82) is 0 Å². The van der Waals surface area contributed by atoms with Crippen LogP contribution in [0.4, 0.5) is 0 Å². The minimum Gasteiger partial charge on any atom is -0.493 e. The Kier molecular flexibility index (Phi) is 6.78. The average molecular weight is 315 g/mol. The molecule has 0 saturated carbocycles. The van der Waals surface area contributed by atoms with Crippen LogP contribution in [0.5, 0.6) is 11.5 Å². The van der Waals surface area contributed by atoms with Crippen LogP contribution in [-0.4, -0.2) is 43.7 Å². The van der Waals surface area contributed by atoms with Gasteiger partial charge in [0.15, 0.2) is 11.5 Å². The van der Waals surface area contributed by atoms with E-state index in [0.717, 1.165) is 18.5 Å². The quantitative estimate of drug-likeness (QED) is 0.899. The van der Waals surface area contributed by atoms with Gasteiger partial charge < -0.3 is 20.1 Å². The van der Waals surface area contributed by atoms with Gasteiger partial charge in [0.1, 0.15) is 0 Å². The first kappa shape index (κ1) is 17.6. The molecule has 0 spiro atoms. The molecule has 21 heavy (non-hydrogen) atoms. The van der Waals surface area contributed by atoms with Crippen molar-refractivity contribution in [2.24, 2.45) is 5.73 Å². The van der Waals surface area contributed by atoms with Gasteiger partial charge in [0, 0.05) is 19.1 Å². The van der Waals surface area contributed by atoms with Crippen LogP contribution in [0.15, 0.2) is 18.2 Å². The maximum atomic E-state index is 11.9. The lowest BCUT2D eigenvalue weighted by Crippen LogP contribution is -2.32. The number of aryl methyl sites for hydroxylation is 1. The van der Waals surface area contributed by atoms with E-state index in [-0.39, 0.29) is 24.4 Å². The van der Waals surface area contributed by atoms with Crippen molar-refractivity contribution < 1.29 is 14.3 Å². The van der Waals surface area contributed by atoms with Crippen molar-refractivity contribution in [2.75, 3.05) is 26.8 Å². The van der Waals surface area contributed by atoms with Crippen LogP contribution in [0, 0.1) is 6.92 Å². The van der Waals surface area contributed by atoms with E-state index in [0.29, 0.717) is 31.1 Å². The van der Waals surface area contributed by atoms with E-state index < -0.39 is 0 Å². The lowest BCUT2D eigenvalue weighted by molar-refractivity contribution is -0.130. The molecule has 2 N–H and O–H groups in total. The Bertz CT molecular complexity index is 482. The van der Waals surface area contributed by atoms with Crippen molar-refractivity contribution in [2.45, 2.75) is 25.8 Å². The van der Waals surface area contributed by atoms with E-state index in [2.05, 4.69) is 0 Å². The number of carbonyl (C=O) groups is 1. The zero-order valence-electron chi connectivity index (χ0n) is 12.5. The smallest absolute Gasteiger partial charge is 0.226 e. The fourth-order valence-electron chi connectivity index (χ4n) is 2.31. The molecule has 1 fully saturated rings. The summed E-state index contributed by atoms with van der Waals surface area (Å²) in [6.07, 6.45) is 1.25. The molecule has 6 heteroatoms. The number of benzene rings is 1. The molecule has 118 valence electrons. The molecule has 0 aliphatic carbocycles. The van der Waals surface area contributed by atoms with Gasteiger partial charge in [-0.3, -0.25) is 4.79 Å². The third-order valence-corrected chi connectivity index (χ3v) is 3.47. The fourth-order valence-corrected chi connectivity index (χ4v) is 2.31. The highest BCUT2D eigenvalue weighted by atomic mass is 35.5. The van der Waals surface area contributed by atoms with Gasteiger partial charge in [-0.2, -0.15) is 0 Å². The average Bonchev–Trinajstić information content (AvgIpc) is 2.87. The van der Waals surface area contributed by atoms with Gasteiger partial charge in [-0.05, 0) is 31.0 Å². The van der Waals surface area contributed by atoms with Crippen molar-refractivity contribution in [3.05, 3.63) is 23.8 Å². The summed E-state index contributed by atoms with van der Waals surface area (Å²) in [6, 6.07) is 5.86. The molecule has 1 aliphatic rings. The van der Waals surface area contributed by atoms with Gasteiger partial charge in [0.25, 0.3) is 0 Å². The Morgan fingerprint density at radius 2 is 2.19 bits per heavy atom. The molecule has 1 heterocycles. The van der Waals surface area contributed by atoms with E-state index in [4.69, 9.17) is 15.2 Å². The van der Waals surface area contributed by atoms with Crippen LogP contribution in [0.25, 0.3) is 0 Å². The standard InChI is InChI=1S/C15H22N2O3.ClH/c1-11-3-4-13(14(9-11)19-2)20-8-6-15(18)17-7-5-12(16)10-17;/h3-4,9,12H,5-8,10,16H2,1-2H3;1H. The second kappa shape index (κ2) is 8.10. The molecule has 1 atom stereocenters. The Morgan fingerprint density at radius 1 is 1.43 bits per heavy atom. The van der Waals surface area contributed by atoms with Gasteiger partial charge >= 0.3 is 0 Å². The second-order valence-corrected chi connectivity index (χ2v) is 5.14. The topological polar surface area (TPSA) is 64.8 Å². The molecule has 5 nitrogen and oxygen atoms in total. The summed E-state index contributed by atoms with van der Waals surface area (Å²) >= 11 is 0. The SMILES string of the molecule is COc1cc(C)ccc1OCCC(=O)N1CCC(N)C1.Cl. The Labute approximate surface area is 131 Å². The summed E-state index contributed by atoms with van der Waals surface area (Å²) in [5, 5.41) is 0. The number of nitrogens with zero attached hydrogens (tertiary/aromatic N) is 1. The normalized spacial score (nSPS) is 17.3. The Morgan fingerprint density at radius 3 is 2.81 bits per heavy atom. The number of rotatable bonds is 5. The summed E-state index contributed by atoms with van der Waals surface area (Å²) in [4.78, 5) is 13.8. The van der Waals surface area contributed by atoms with Gasteiger partial charge in [-0.15, -0.1) is 12.4 Å². The number of methoxy groups -OCH3 is 1. The van der Waals surface area contributed by atoms with Crippen LogP contribution in [-0.2, 0) is 4.79 Å². The highest BCUT2D eigenvalue weighted by molar-refractivity contribution is 5.85. The molecule has 0 aromatic heterocycles. The summed E-state index contributed by atoms with van der Waals surface area (Å²) in [5.41, 5.74) is 6.90. The van der Waals surface area contributed by atoms with Crippen molar-refractivity contribution in [3.8, 4) is 11.5 Å². The molecule has 2 rings (SSSR count). The highest BCUT2D eigenvalue weighted by Crippen LogP contribution is 2.27. The number of halogens is 1. The van der Waals surface area contributed by atoms with Gasteiger partial charge in [-0.1, -0.05) is 6.07 Å². The number of likely N-dealkylation sites (tertiary alicyclic amines) is 1. The van der Waals surface area contributed by atoms with Gasteiger partial charge in [-0.25, -0.2) is 0 Å². The summed E-state index contributed by atoms with van der Waals surface area (Å²) in [5.74, 6) is 1.47. The van der Waals surface area contributed by atoms with Gasteiger partial charge in [0.05, 0.1) is 20.1 Å². The third-order valence-electron chi connectivity index (χ3n) is 3.47. The first-order valence-electron chi connectivity index (χ1n) is 6.91. The summed E-state index contributed by atoms with van der Waals surface area (Å²) < 4.78 is 10.9. The number of hydrogen-bond acceptors (Lipinski definition) is 4. The maximum absolute atomic E-state index is 11.9. The van der Waals surface area contributed by atoms with Crippen LogP contribution in [0.1, 0.15) is 18.4 Å². The summed E-state index contributed by atoms with van der Waals surface area (Å²) in [7, 11) is 1.61. The molecular weight excluding hydrogens is 292 g/mol. The number of amides is 1. The number of ether oxygens (including phenoxy) is 2. The largest absolute Gasteiger partial charge is 0.493 e. The van der Waals surface area contributed by atoms with Crippen molar-refractivity contribution in [3.63, 3.8) is 0 Å². The van der Waals surface area contributed by atoms with Crippen molar-refractivity contribution >= 4 is 18.3 Å². The van der Waals surface area contributed by atoms with Crippen LogP contribution in [0.2, 0.25) is 0 Å². The second-order valence-electron chi connectivity index (χ2n) is 5.14. The zero-order valence-corrected chi connectivity index (χ0v) is 13.3.